The van der Waals surface area contributed by atoms with Crippen LogP contribution in [0.3, 0.4) is 0 Å². The van der Waals surface area contributed by atoms with Gasteiger partial charge in [0.05, 0.1) is 33.8 Å². The number of hydrogen-bond acceptors (Lipinski definition) is 10. The number of aliphatic hydroxyl groups is 1. The first-order valence-electron chi connectivity index (χ1n) is 12.0. The third-order valence-electron chi connectivity index (χ3n) is 5.86. The van der Waals surface area contributed by atoms with Gasteiger partial charge in [0.25, 0.3) is 11.8 Å². The molecular weight excluding hydrogens is 792 g/mol. The van der Waals surface area contributed by atoms with Gasteiger partial charge in [-0.05, 0) is 89.1 Å². The molecule has 0 aromatic carbocycles. The SMILES string of the molecule is COC1=C(Br)O[C@H](C/C(=N\O)C(=O)NCCCCCNC(=O)/C(C[C@@H]2C=C(Br)C(OC)=C(Br)[C@@H]2O)=N/O)C=C1Br. The van der Waals surface area contributed by atoms with Gasteiger partial charge in [0.15, 0.2) is 5.76 Å². The molecule has 0 saturated carbocycles. The highest BCUT2D eigenvalue weighted by molar-refractivity contribution is 9.12. The highest BCUT2D eigenvalue weighted by atomic mass is 79.9. The molecule has 2 rings (SSSR count). The molecule has 0 radical (unpaired) electrons. The van der Waals surface area contributed by atoms with Crippen molar-refractivity contribution in [3.63, 3.8) is 0 Å². The van der Waals surface area contributed by atoms with Crippen molar-refractivity contribution in [2.45, 2.75) is 44.3 Å². The van der Waals surface area contributed by atoms with Crippen molar-refractivity contribution in [3.05, 3.63) is 41.8 Å². The molecule has 1 aliphatic heterocycles. The molecule has 0 aromatic rings. The Kier molecular flexibility index (Phi) is 14.7. The van der Waals surface area contributed by atoms with Crippen LogP contribution in [-0.2, 0) is 23.8 Å². The molecule has 3 atom stereocenters. The van der Waals surface area contributed by atoms with Crippen LogP contribution in [0, 0.1) is 5.92 Å². The fraction of sp³-hybridized carbons (Fsp3) is 0.500. The summed E-state index contributed by atoms with van der Waals surface area (Å²) in [5.41, 5.74) is -0.202. The second-order valence-electron chi connectivity index (χ2n) is 8.56. The Morgan fingerprint density at radius 2 is 1.40 bits per heavy atom. The molecule has 40 heavy (non-hydrogen) atoms. The molecule has 0 spiro atoms. The number of unbranched alkanes of at least 4 members (excludes halogenated alkanes) is 2. The number of halogens is 4. The van der Waals surface area contributed by atoms with Crippen molar-refractivity contribution < 1.29 is 39.3 Å². The minimum absolute atomic E-state index is 0.00486. The molecule has 2 amide bonds. The molecule has 16 heteroatoms. The Labute approximate surface area is 265 Å². The highest BCUT2D eigenvalue weighted by Crippen LogP contribution is 2.37. The summed E-state index contributed by atoms with van der Waals surface area (Å²) in [6.45, 7) is 0.662. The van der Waals surface area contributed by atoms with Crippen LogP contribution in [0.1, 0.15) is 32.1 Å². The Bertz CT molecular complexity index is 1140. The largest absolute Gasteiger partial charge is 0.495 e. The first-order chi connectivity index (χ1) is 19.1. The van der Waals surface area contributed by atoms with E-state index in [2.05, 4.69) is 84.7 Å². The van der Waals surface area contributed by atoms with Gasteiger partial charge in [-0.15, -0.1) is 0 Å². The molecule has 0 fully saturated rings. The van der Waals surface area contributed by atoms with Gasteiger partial charge in [-0.25, -0.2) is 0 Å². The Hall–Kier alpha value is -1.88. The van der Waals surface area contributed by atoms with E-state index < -0.39 is 29.9 Å². The van der Waals surface area contributed by atoms with Gasteiger partial charge in [0.2, 0.25) is 4.67 Å². The van der Waals surface area contributed by atoms with Crippen LogP contribution in [0.25, 0.3) is 0 Å². The number of ether oxygens (including phenoxy) is 3. The highest BCUT2D eigenvalue weighted by Gasteiger charge is 2.32. The van der Waals surface area contributed by atoms with E-state index in [1.807, 2.05) is 0 Å². The predicted molar refractivity (Wildman–Crippen MR) is 162 cm³/mol. The smallest absolute Gasteiger partial charge is 0.269 e. The quantitative estimate of drug-likeness (QED) is 0.0750. The molecule has 0 aromatic heterocycles. The zero-order chi connectivity index (χ0) is 29.8. The number of nitrogens with zero attached hydrogens (tertiary/aromatic N) is 2. The number of carbonyl (C=O) groups is 2. The van der Waals surface area contributed by atoms with E-state index in [-0.39, 0.29) is 24.3 Å². The standard InChI is InChI=1S/C24H30Br4N4O8/c1-38-20-14(25)8-12(19(33)18(20)27)9-16(31-36)23(34)29-6-4-3-5-7-30-24(35)17(32-37)11-13-10-15(26)21(39-2)22(28)40-13/h8,10,12-13,19,33,36-37H,3-7,9,11H2,1-2H3,(H,29,34)(H,30,35)/b31-16+,32-17+/t12-,13-,19+/m0/s1. The monoisotopic (exact) mass is 818 g/mol. The number of carbonyl (C=O) groups excluding carboxylic acids is 2. The predicted octanol–water partition coefficient (Wildman–Crippen LogP) is 4.24. The van der Waals surface area contributed by atoms with E-state index in [9.17, 15) is 25.1 Å². The van der Waals surface area contributed by atoms with E-state index in [0.717, 1.165) is 0 Å². The summed E-state index contributed by atoms with van der Waals surface area (Å²) in [4.78, 5) is 24.9. The number of hydrogen-bond donors (Lipinski definition) is 5. The average Bonchev–Trinajstić information content (AvgIpc) is 2.92. The van der Waals surface area contributed by atoms with Gasteiger partial charge < -0.3 is 40.4 Å². The van der Waals surface area contributed by atoms with E-state index in [1.54, 1.807) is 12.2 Å². The number of amides is 2. The van der Waals surface area contributed by atoms with Crippen LogP contribution < -0.4 is 10.6 Å². The maximum atomic E-state index is 12.5. The summed E-state index contributed by atoms with van der Waals surface area (Å²) < 4.78 is 18.1. The summed E-state index contributed by atoms with van der Waals surface area (Å²) in [6.07, 6.45) is 3.83. The summed E-state index contributed by atoms with van der Waals surface area (Å²) in [5.74, 6) is -0.659. The summed E-state index contributed by atoms with van der Waals surface area (Å²) in [7, 11) is 2.97. The summed E-state index contributed by atoms with van der Waals surface area (Å²) >= 11 is 13.3. The van der Waals surface area contributed by atoms with E-state index in [0.29, 0.717) is 62.0 Å². The molecule has 5 N–H and O–H groups in total. The van der Waals surface area contributed by atoms with Crippen molar-refractivity contribution in [2.24, 2.45) is 16.2 Å². The number of methoxy groups -OCH3 is 2. The topological polar surface area (TPSA) is 171 Å². The van der Waals surface area contributed by atoms with E-state index in [1.165, 1.54) is 14.2 Å². The van der Waals surface area contributed by atoms with Crippen LogP contribution in [0.4, 0.5) is 0 Å². The van der Waals surface area contributed by atoms with Crippen LogP contribution >= 0.6 is 63.7 Å². The van der Waals surface area contributed by atoms with Gasteiger partial charge in [0.1, 0.15) is 23.3 Å². The van der Waals surface area contributed by atoms with Gasteiger partial charge >= 0.3 is 0 Å². The van der Waals surface area contributed by atoms with Gasteiger partial charge in [-0.1, -0.05) is 16.4 Å². The number of rotatable bonds is 14. The molecule has 2 aliphatic rings. The van der Waals surface area contributed by atoms with Gasteiger partial charge in [-0.2, -0.15) is 0 Å². The second-order valence-corrected chi connectivity index (χ2v) is 11.8. The van der Waals surface area contributed by atoms with Crippen molar-refractivity contribution >= 4 is 87.0 Å². The zero-order valence-electron chi connectivity index (χ0n) is 21.6. The molecule has 1 aliphatic carbocycles. The lowest BCUT2D eigenvalue weighted by Crippen LogP contribution is -2.36. The average molecular weight is 822 g/mol. The molecule has 1 heterocycles. The van der Waals surface area contributed by atoms with E-state index in [4.69, 9.17) is 14.2 Å². The minimum atomic E-state index is -0.969. The molecule has 222 valence electrons. The molecule has 0 unspecified atom stereocenters. The Morgan fingerprint density at radius 3 is 1.90 bits per heavy atom. The zero-order valence-corrected chi connectivity index (χ0v) is 28.0. The van der Waals surface area contributed by atoms with Gasteiger partial charge in [0, 0.05) is 31.8 Å². The molecular formula is C24H30Br4N4O8. The van der Waals surface area contributed by atoms with Crippen LogP contribution in [0.5, 0.6) is 0 Å². The third-order valence-corrected chi connectivity index (χ3v) is 8.49. The lowest BCUT2D eigenvalue weighted by molar-refractivity contribution is -0.115. The number of aliphatic hydroxyl groups excluding tert-OH is 1. The van der Waals surface area contributed by atoms with Gasteiger partial charge in [-0.3, -0.25) is 9.59 Å². The second kappa shape index (κ2) is 17.2. The first-order valence-corrected chi connectivity index (χ1v) is 15.2. The van der Waals surface area contributed by atoms with E-state index >= 15 is 0 Å². The fourth-order valence-corrected chi connectivity index (χ4v) is 7.01. The van der Waals surface area contributed by atoms with Crippen LogP contribution in [0.15, 0.2) is 52.1 Å². The Morgan fingerprint density at radius 1 is 0.875 bits per heavy atom. The van der Waals surface area contributed by atoms with Crippen LogP contribution in [-0.4, -0.2) is 78.3 Å². The fourth-order valence-electron chi connectivity index (χ4n) is 3.79. The van der Waals surface area contributed by atoms with Crippen molar-refractivity contribution in [1.29, 1.82) is 0 Å². The molecule has 0 saturated heterocycles. The number of allylic oxidation sites excluding steroid dienone is 2. The normalized spacial score (nSPS) is 21.8. The maximum Gasteiger partial charge on any atom is 0.269 e. The lowest BCUT2D eigenvalue weighted by atomic mass is 9.91. The van der Waals surface area contributed by atoms with Crippen molar-refractivity contribution in [1.82, 2.24) is 10.6 Å². The van der Waals surface area contributed by atoms with Crippen molar-refractivity contribution in [3.8, 4) is 0 Å². The molecule has 12 nitrogen and oxygen atoms in total. The first kappa shape index (κ1) is 34.3. The lowest BCUT2D eigenvalue weighted by Gasteiger charge is -2.26. The summed E-state index contributed by atoms with van der Waals surface area (Å²) in [6, 6.07) is 0. The summed E-state index contributed by atoms with van der Waals surface area (Å²) in [5, 5.41) is 40.8. The Balaban J connectivity index is 1.69. The molecule has 0 bridgehead atoms. The maximum absolute atomic E-state index is 12.5. The number of nitrogens with one attached hydrogen (secondary N) is 2. The minimum Gasteiger partial charge on any atom is -0.495 e. The number of oxime groups is 2. The van der Waals surface area contributed by atoms with Crippen LogP contribution in [0.2, 0.25) is 0 Å². The third kappa shape index (κ3) is 9.60. The van der Waals surface area contributed by atoms with Crippen molar-refractivity contribution in [2.75, 3.05) is 27.3 Å².